The number of rotatable bonds is 4. The number of likely N-dealkylation sites (N-methyl/N-ethyl adjacent to an activating group) is 1. The fourth-order valence-corrected chi connectivity index (χ4v) is 2.56. The van der Waals surface area contributed by atoms with E-state index in [9.17, 15) is 0 Å². The standard InChI is InChI=1S/C15H22N4O/c1-13-11-14-12-15(3-4-19(14)16-13)20-10-9-18-7-5-17(2)6-8-18/h3-4,11-12H,5-10H2,1-2H3. The summed E-state index contributed by atoms with van der Waals surface area (Å²) in [5.74, 6) is 0.923. The van der Waals surface area contributed by atoms with E-state index in [4.69, 9.17) is 4.74 Å². The molecule has 0 radical (unpaired) electrons. The lowest BCUT2D eigenvalue weighted by molar-refractivity contribution is 0.134. The van der Waals surface area contributed by atoms with E-state index in [1.54, 1.807) is 0 Å². The molecule has 0 aliphatic carbocycles. The summed E-state index contributed by atoms with van der Waals surface area (Å²) < 4.78 is 7.73. The minimum absolute atomic E-state index is 0.743. The van der Waals surface area contributed by atoms with Crippen molar-refractivity contribution in [1.82, 2.24) is 19.4 Å². The first kappa shape index (κ1) is 13.4. The second-order valence-electron chi connectivity index (χ2n) is 5.51. The lowest BCUT2D eigenvalue weighted by Crippen LogP contribution is -2.45. The molecule has 0 spiro atoms. The number of nitrogens with zero attached hydrogens (tertiary/aromatic N) is 4. The van der Waals surface area contributed by atoms with Crippen LogP contribution in [0.25, 0.3) is 5.52 Å². The van der Waals surface area contributed by atoms with Gasteiger partial charge in [-0.15, -0.1) is 0 Å². The van der Waals surface area contributed by atoms with E-state index >= 15 is 0 Å². The van der Waals surface area contributed by atoms with Crippen LogP contribution in [-0.4, -0.2) is 65.8 Å². The molecule has 0 saturated carbocycles. The van der Waals surface area contributed by atoms with E-state index in [1.165, 1.54) is 0 Å². The molecule has 2 aromatic rings. The van der Waals surface area contributed by atoms with Crippen molar-refractivity contribution in [3.63, 3.8) is 0 Å². The molecular weight excluding hydrogens is 252 g/mol. The van der Waals surface area contributed by atoms with Crippen LogP contribution in [0.1, 0.15) is 5.69 Å². The monoisotopic (exact) mass is 274 g/mol. The molecule has 2 aromatic heterocycles. The van der Waals surface area contributed by atoms with E-state index in [2.05, 4.69) is 28.0 Å². The van der Waals surface area contributed by atoms with Crippen molar-refractivity contribution in [2.24, 2.45) is 0 Å². The van der Waals surface area contributed by atoms with Gasteiger partial charge in [-0.3, -0.25) is 4.90 Å². The molecule has 0 unspecified atom stereocenters. The van der Waals surface area contributed by atoms with Crippen molar-refractivity contribution in [3.8, 4) is 5.75 Å². The van der Waals surface area contributed by atoms with E-state index in [-0.39, 0.29) is 0 Å². The lowest BCUT2D eigenvalue weighted by atomic mass is 10.3. The van der Waals surface area contributed by atoms with Crippen LogP contribution in [0.15, 0.2) is 24.4 Å². The van der Waals surface area contributed by atoms with E-state index in [0.717, 1.165) is 56.3 Å². The maximum Gasteiger partial charge on any atom is 0.123 e. The Morgan fingerprint density at radius 2 is 2.00 bits per heavy atom. The molecule has 1 aliphatic heterocycles. The van der Waals surface area contributed by atoms with Crippen molar-refractivity contribution in [2.45, 2.75) is 6.92 Å². The zero-order valence-corrected chi connectivity index (χ0v) is 12.2. The minimum Gasteiger partial charge on any atom is -0.492 e. The van der Waals surface area contributed by atoms with Gasteiger partial charge in [-0.1, -0.05) is 0 Å². The summed E-state index contributed by atoms with van der Waals surface area (Å²) in [7, 11) is 2.18. The number of pyridine rings is 1. The fourth-order valence-electron chi connectivity index (χ4n) is 2.56. The van der Waals surface area contributed by atoms with Gasteiger partial charge in [-0.2, -0.15) is 5.10 Å². The summed E-state index contributed by atoms with van der Waals surface area (Å²) >= 11 is 0. The summed E-state index contributed by atoms with van der Waals surface area (Å²) in [5.41, 5.74) is 2.11. The van der Waals surface area contributed by atoms with Gasteiger partial charge < -0.3 is 9.64 Å². The zero-order chi connectivity index (χ0) is 13.9. The average molecular weight is 274 g/mol. The van der Waals surface area contributed by atoms with Crippen LogP contribution in [0, 0.1) is 6.92 Å². The quantitative estimate of drug-likeness (QED) is 0.840. The second kappa shape index (κ2) is 5.81. The van der Waals surface area contributed by atoms with Gasteiger partial charge in [0.15, 0.2) is 0 Å². The molecule has 0 atom stereocenters. The Morgan fingerprint density at radius 1 is 1.20 bits per heavy atom. The molecule has 0 bridgehead atoms. The number of aryl methyl sites for hydroxylation is 1. The molecule has 0 amide bonds. The maximum atomic E-state index is 5.86. The highest BCUT2D eigenvalue weighted by Crippen LogP contribution is 2.15. The van der Waals surface area contributed by atoms with Crippen LogP contribution in [-0.2, 0) is 0 Å². The first-order valence-corrected chi connectivity index (χ1v) is 7.20. The molecule has 0 N–H and O–H groups in total. The summed E-state index contributed by atoms with van der Waals surface area (Å²) in [6, 6.07) is 6.08. The molecule has 3 heterocycles. The fraction of sp³-hybridized carbons (Fsp3) is 0.533. The molecule has 5 heteroatoms. The Labute approximate surface area is 119 Å². The topological polar surface area (TPSA) is 33.0 Å². The summed E-state index contributed by atoms with van der Waals surface area (Å²) in [5, 5.41) is 4.36. The Morgan fingerprint density at radius 3 is 2.80 bits per heavy atom. The Bertz CT molecular complexity index is 572. The van der Waals surface area contributed by atoms with Crippen molar-refractivity contribution >= 4 is 5.52 Å². The third-order valence-corrected chi connectivity index (χ3v) is 3.83. The van der Waals surface area contributed by atoms with Gasteiger partial charge in [0.1, 0.15) is 12.4 Å². The van der Waals surface area contributed by atoms with Crippen LogP contribution < -0.4 is 4.74 Å². The van der Waals surface area contributed by atoms with Gasteiger partial charge in [0, 0.05) is 45.0 Å². The first-order chi connectivity index (χ1) is 9.70. The highest BCUT2D eigenvalue weighted by molar-refractivity contribution is 5.51. The zero-order valence-electron chi connectivity index (χ0n) is 12.2. The smallest absolute Gasteiger partial charge is 0.123 e. The van der Waals surface area contributed by atoms with Gasteiger partial charge in [-0.05, 0) is 26.1 Å². The number of ether oxygens (including phenoxy) is 1. The number of fused-ring (bicyclic) bond motifs is 1. The lowest BCUT2D eigenvalue weighted by Gasteiger charge is -2.32. The van der Waals surface area contributed by atoms with Gasteiger partial charge in [0.25, 0.3) is 0 Å². The van der Waals surface area contributed by atoms with Crippen molar-refractivity contribution < 1.29 is 4.74 Å². The first-order valence-electron chi connectivity index (χ1n) is 7.20. The van der Waals surface area contributed by atoms with Gasteiger partial charge in [0.2, 0.25) is 0 Å². The van der Waals surface area contributed by atoms with Gasteiger partial charge in [0.05, 0.1) is 11.2 Å². The number of aromatic nitrogens is 2. The van der Waals surface area contributed by atoms with Crippen LogP contribution in [0.4, 0.5) is 0 Å². The van der Waals surface area contributed by atoms with Crippen LogP contribution in [0.3, 0.4) is 0 Å². The average Bonchev–Trinajstić information content (AvgIpc) is 2.80. The van der Waals surface area contributed by atoms with Crippen molar-refractivity contribution in [1.29, 1.82) is 0 Å². The summed E-state index contributed by atoms with van der Waals surface area (Å²) in [4.78, 5) is 4.83. The molecule has 1 aliphatic rings. The number of piperazine rings is 1. The molecule has 0 aromatic carbocycles. The van der Waals surface area contributed by atoms with E-state index in [0.29, 0.717) is 0 Å². The van der Waals surface area contributed by atoms with Crippen molar-refractivity contribution in [2.75, 3.05) is 46.4 Å². The highest BCUT2D eigenvalue weighted by Gasteiger charge is 2.13. The highest BCUT2D eigenvalue weighted by atomic mass is 16.5. The van der Waals surface area contributed by atoms with Crippen LogP contribution >= 0.6 is 0 Å². The number of hydrogen-bond donors (Lipinski definition) is 0. The number of hydrogen-bond acceptors (Lipinski definition) is 4. The van der Waals surface area contributed by atoms with Gasteiger partial charge in [-0.25, -0.2) is 4.52 Å². The Balaban J connectivity index is 1.52. The Kier molecular flexibility index (Phi) is 3.89. The Hall–Kier alpha value is -1.59. The molecule has 108 valence electrons. The minimum atomic E-state index is 0.743. The van der Waals surface area contributed by atoms with Crippen LogP contribution in [0.2, 0.25) is 0 Å². The van der Waals surface area contributed by atoms with E-state index in [1.807, 2.05) is 29.8 Å². The summed E-state index contributed by atoms with van der Waals surface area (Å²) in [6.45, 7) is 8.33. The normalized spacial score (nSPS) is 17.7. The largest absolute Gasteiger partial charge is 0.492 e. The SMILES string of the molecule is Cc1cc2cc(OCCN3CCN(C)CC3)ccn2n1. The van der Waals surface area contributed by atoms with Crippen molar-refractivity contribution in [3.05, 3.63) is 30.1 Å². The second-order valence-corrected chi connectivity index (χ2v) is 5.51. The molecule has 1 saturated heterocycles. The predicted molar refractivity (Wildman–Crippen MR) is 79.4 cm³/mol. The maximum absolute atomic E-state index is 5.86. The van der Waals surface area contributed by atoms with E-state index < -0.39 is 0 Å². The third-order valence-electron chi connectivity index (χ3n) is 3.83. The molecule has 1 fully saturated rings. The molecular formula is C15H22N4O. The third kappa shape index (κ3) is 3.11. The predicted octanol–water partition coefficient (Wildman–Crippen LogP) is 1.27. The van der Waals surface area contributed by atoms with Crippen LogP contribution in [0.5, 0.6) is 5.75 Å². The molecule has 20 heavy (non-hydrogen) atoms. The molecule has 3 rings (SSSR count). The summed E-state index contributed by atoms with van der Waals surface area (Å²) in [6.07, 6.45) is 1.95. The van der Waals surface area contributed by atoms with Gasteiger partial charge >= 0.3 is 0 Å². The molecule has 5 nitrogen and oxygen atoms in total.